The molecule has 0 aromatic heterocycles. The van der Waals surface area contributed by atoms with Gasteiger partial charge in [-0.2, -0.15) is 0 Å². The average molecular weight is 293 g/mol. The van der Waals surface area contributed by atoms with E-state index in [2.05, 4.69) is 5.32 Å². The van der Waals surface area contributed by atoms with Crippen LogP contribution in [0.2, 0.25) is 0 Å². The summed E-state index contributed by atoms with van der Waals surface area (Å²) in [6.07, 6.45) is 2.42. The van der Waals surface area contributed by atoms with E-state index in [1.54, 1.807) is 25.1 Å². The summed E-state index contributed by atoms with van der Waals surface area (Å²) in [7, 11) is 0. The molecule has 1 aliphatic rings. The summed E-state index contributed by atoms with van der Waals surface area (Å²) in [6, 6.07) is 6.40. The van der Waals surface area contributed by atoms with Crippen LogP contribution in [0, 0.1) is 5.82 Å². The quantitative estimate of drug-likeness (QED) is 0.847. The van der Waals surface area contributed by atoms with Crippen molar-refractivity contribution in [1.82, 2.24) is 5.32 Å². The first-order valence-electron chi connectivity index (χ1n) is 7.19. The van der Waals surface area contributed by atoms with Gasteiger partial charge in [0.15, 0.2) is 0 Å². The number of amides is 1. The molecule has 0 saturated heterocycles. The lowest BCUT2D eigenvalue weighted by Gasteiger charge is -2.41. The van der Waals surface area contributed by atoms with E-state index in [4.69, 9.17) is 5.11 Å². The number of benzene rings is 1. The molecule has 1 aromatic rings. The van der Waals surface area contributed by atoms with E-state index in [9.17, 15) is 14.0 Å². The summed E-state index contributed by atoms with van der Waals surface area (Å²) >= 11 is 0. The zero-order valence-corrected chi connectivity index (χ0v) is 12.1. The van der Waals surface area contributed by atoms with Crippen molar-refractivity contribution in [3.05, 3.63) is 35.6 Å². The minimum Gasteiger partial charge on any atom is -0.481 e. The van der Waals surface area contributed by atoms with Gasteiger partial charge in [0.05, 0.1) is 12.0 Å². The maximum Gasteiger partial charge on any atom is 0.305 e. The van der Waals surface area contributed by atoms with Crippen molar-refractivity contribution in [2.24, 2.45) is 0 Å². The highest BCUT2D eigenvalue weighted by Crippen LogP contribution is 2.35. The second-order valence-corrected chi connectivity index (χ2v) is 5.88. The number of carboxylic acids is 1. The summed E-state index contributed by atoms with van der Waals surface area (Å²) in [4.78, 5) is 23.0. The SMILES string of the molecule is CC(CC(=O)NC1(CC(=O)O)CCC1)c1ccccc1F. The fourth-order valence-corrected chi connectivity index (χ4v) is 2.85. The van der Waals surface area contributed by atoms with Crippen molar-refractivity contribution in [2.45, 2.75) is 50.5 Å². The van der Waals surface area contributed by atoms with Gasteiger partial charge >= 0.3 is 5.97 Å². The molecule has 4 nitrogen and oxygen atoms in total. The largest absolute Gasteiger partial charge is 0.481 e. The fourth-order valence-electron chi connectivity index (χ4n) is 2.85. The summed E-state index contributed by atoms with van der Waals surface area (Å²) < 4.78 is 13.7. The Morgan fingerprint density at radius 2 is 2.05 bits per heavy atom. The van der Waals surface area contributed by atoms with Gasteiger partial charge < -0.3 is 10.4 Å². The summed E-state index contributed by atoms with van der Waals surface area (Å²) in [5.41, 5.74) is -0.0914. The molecule has 1 fully saturated rings. The third-order valence-corrected chi connectivity index (χ3v) is 4.13. The number of carbonyl (C=O) groups is 2. The Bertz CT molecular complexity index is 540. The molecule has 1 atom stereocenters. The van der Waals surface area contributed by atoms with Crippen LogP contribution in [0.15, 0.2) is 24.3 Å². The zero-order chi connectivity index (χ0) is 15.5. The van der Waals surface area contributed by atoms with Gasteiger partial charge in [-0.25, -0.2) is 4.39 Å². The predicted molar refractivity (Wildman–Crippen MR) is 76.4 cm³/mol. The third kappa shape index (κ3) is 3.80. The number of halogens is 1. The molecule has 0 aliphatic heterocycles. The van der Waals surface area contributed by atoms with Gasteiger partial charge in [0.2, 0.25) is 5.91 Å². The van der Waals surface area contributed by atoms with Gasteiger partial charge in [-0.05, 0) is 36.8 Å². The van der Waals surface area contributed by atoms with E-state index in [1.165, 1.54) is 6.07 Å². The van der Waals surface area contributed by atoms with E-state index in [1.807, 2.05) is 0 Å². The molecule has 1 saturated carbocycles. The van der Waals surface area contributed by atoms with Crippen molar-refractivity contribution in [3.8, 4) is 0 Å². The van der Waals surface area contributed by atoms with Crippen LogP contribution in [0.25, 0.3) is 0 Å². The molecule has 1 amide bonds. The summed E-state index contributed by atoms with van der Waals surface area (Å²) in [5.74, 6) is -1.68. The number of carbonyl (C=O) groups excluding carboxylic acids is 1. The second-order valence-electron chi connectivity index (χ2n) is 5.88. The lowest BCUT2D eigenvalue weighted by Crippen LogP contribution is -2.54. The first kappa shape index (κ1) is 15.5. The molecule has 1 aliphatic carbocycles. The smallest absolute Gasteiger partial charge is 0.305 e. The molecular weight excluding hydrogens is 273 g/mol. The number of carboxylic acid groups (broad SMARTS) is 1. The van der Waals surface area contributed by atoms with Crippen molar-refractivity contribution in [3.63, 3.8) is 0 Å². The van der Waals surface area contributed by atoms with Crippen LogP contribution in [0.5, 0.6) is 0 Å². The number of hydrogen-bond donors (Lipinski definition) is 2. The monoisotopic (exact) mass is 293 g/mol. The minimum atomic E-state index is -0.905. The van der Waals surface area contributed by atoms with Gasteiger partial charge in [-0.3, -0.25) is 9.59 Å². The highest BCUT2D eigenvalue weighted by molar-refractivity contribution is 5.79. The zero-order valence-electron chi connectivity index (χ0n) is 12.1. The van der Waals surface area contributed by atoms with Crippen molar-refractivity contribution >= 4 is 11.9 Å². The fraction of sp³-hybridized carbons (Fsp3) is 0.500. The van der Waals surface area contributed by atoms with E-state index >= 15 is 0 Å². The van der Waals surface area contributed by atoms with E-state index in [0.29, 0.717) is 18.4 Å². The molecule has 2 N–H and O–H groups in total. The number of aliphatic carboxylic acids is 1. The number of rotatable bonds is 6. The Kier molecular flexibility index (Phi) is 4.60. The lowest BCUT2D eigenvalue weighted by atomic mass is 9.74. The van der Waals surface area contributed by atoms with Crippen molar-refractivity contribution in [2.75, 3.05) is 0 Å². The molecule has 0 radical (unpaired) electrons. The van der Waals surface area contributed by atoms with E-state index < -0.39 is 11.5 Å². The summed E-state index contributed by atoms with van der Waals surface area (Å²) in [6.45, 7) is 1.79. The molecule has 2 rings (SSSR count). The Balaban J connectivity index is 1.95. The van der Waals surface area contributed by atoms with Gasteiger partial charge in [0.1, 0.15) is 5.82 Å². The molecule has 1 unspecified atom stereocenters. The van der Waals surface area contributed by atoms with Gasteiger partial charge in [-0.15, -0.1) is 0 Å². The van der Waals surface area contributed by atoms with Gasteiger partial charge in [-0.1, -0.05) is 25.1 Å². The van der Waals surface area contributed by atoms with Crippen LogP contribution < -0.4 is 5.32 Å². The first-order chi connectivity index (χ1) is 9.92. The predicted octanol–water partition coefficient (Wildman–Crippen LogP) is 2.83. The Hall–Kier alpha value is -1.91. The maximum absolute atomic E-state index is 13.7. The summed E-state index contributed by atoms with van der Waals surface area (Å²) in [5, 5.41) is 11.8. The van der Waals surface area contributed by atoms with Crippen molar-refractivity contribution in [1.29, 1.82) is 0 Å². The lowest BCUT2D eigenvalue weighted by molar-refractivity contribution is -0.140. The Morgan fingerprint density at radius 1 is 1.38 bits per heavy atom. The molecule has 114 valence electrons. The average Bonchev–Trinajstić information content (AvgIpc) is 2.35. The second kappa shape index (κ2) is 6.24. The first-order valence-corrected chi connectivity index (χ1v) is 7.19. The van der Waals surface area contributed by atoms with Crippen LogP contribution >= 0.6 is 0 Å². The van der Waals surface area contributed by atoms with Gasteiger partial charge in [0, 0.05) is 6.42 Å². The molecule has 1 aromatic carbocycles. The maximum atomic E-state index is 13.7. The highest BCUT2D eigenvalue weighted by atomic mass is 19.1. The van der Waals surface area contributed by atoms with Gasteiger partial charge in [0.25, 0.3) is 0 Å². The topological polar surface area (TPSA) is 66.4 Å². The van der Waals surface area contributed by atoms with Crippen LogP contribution in [0.1, 0.15) is 50.5 Å². The van der Waals surface area contributed by atoms with Crippen LogP contribution in [0.3, 0.4) is 0 Å². The molecule has 21 heavy (non-hydrogen) atoms. The van der Waals surface area contributed by atoms with E-state index in [-0.39, 0.29) is 30.5 Å². The molecule has 0 bridgehead atoms. The van der Waals surface area contributed by atoms with Crippen LogP contribution in [0.4, 0.5) is 4.39 Å². The number of hydrogen-bond acceptors (Lipinski definition) is 2. The normalized spacial score (nSPS) is 17.6. The molecule has 5 heteroatoms. The van der Waals surface area contributed by atoms with Crippen molar-refractivity contribution < 1.29 is 19.1 Å². The Morgan fingerprint density at radius 3 is 2.57 bits per heavy atom. The molecule has 0 spiro atoms. The van der Waals surface area contributed by atoms with Crippen LogP contribution in [-0.4, -0.2) is 22.5 Å². The van der Waals surface area contributed by atoms with Crippen LogP contribution in [-0.2, 0) is 9.59 Å². The Labute approximate surface area is 123 Å². The standard InChI is InChI=1S/C16H20FNO3/c1-11(12-5-2-3-6-13(12)17)9-14(19)18-16(7-4-8-16)10-15(20)21/h2-3,5-6,11H,4,7-10H2,1H3,(H,18,19)(H,20,21). The minimum absolute atomic E-state index is 0.0488. The number of nitrogens with one attached hydrogen (secondary N) is 1. The molecular formula is C16H20FNO3. The highest BCUT2D eigenvalue weighted by Gasteiger charge is 2.40. The molecule has 0 heterocycles. The van der Waals surface area contributed by atoms with E-state index in [0.717, 1.165) is 6.42 Å². The third-order valence-electron chi connectivity index (χ3n) is 4.13.